The Morgan fingerprint density at radius 2 is 0.917 bits per heavy atom. The maximum absolute atomic E-state index is 12.8. The Hall–Kier alpha value is -0.760. The predicted octanol–water partition coefficient (Wildman–Crippen LogP) is 14.5. The fraction of sp³-hybridized carbons (Fsp3) is 0.941. The first-order chi connectivity index (χ1) is 29.0. The average molecular weight is 871 g/mol. The Balaban J connectivity index is 3.85. The number of carbonyl (C=O) groups is 1. The molecule has 3 unspecified atom stereocenters. The molecule has 0 aliphatic rings. The van der Waals surface area contributed by atoms with Crippen LogP contribution in [0.25, 0.3) is 0 Å². The molecule has 0 aromatic heterocycles. The number of aliphatic hydroxyl groups is 1. The molecule has 3 atom stereocenters. The molecule has 8 nitrogen and oxygen atoms in total. The van der Waals surface area contributed by atoms with E-state index in [9.17, 15) is 19.4 Å². The first kappa shape index (κ1) is 59.2. The van der Waals surface area contributed by atoms with Crippen molar-refractivity contribution in [1.29, 1.82) is 0 Å². The topological polar surface area (TPSA) is 108 Å². The number of nitrogens with zero attached hydrogens (tertiary/aromatic N) is 1. The van der Waals surface area contributed by atoms with E-state index in [0.29, 0.717) is 23.9 Å². The van der Waals surface area contributed by atoms with Crippen LogP contribution >= 0.6 is 7.82 Å². The van der Waals surface area contributed by atoms with Gasteiger partial charge in [-0.2, -0.15) is 0 Å². The Morgan fingerprint density at radius 1 is 0.567 bits per heavy atom. The van der Waals surface area contributed by atoms with Gasteiger partial charge in [0, 0.05) is 6.42 Å². The lowest BCUT2D eigenvalue weighted by atomic mass is 10.0. The number of nitrogens with one attached hydrogen (secondary N) is 1. The monoisotopic (exact) mass is 871 g/mol. The molecule has 0 saturated carbocycles. The highest BCUT2D eigenvalue weighted by atomic mass is 31.2. The lowest BCUT2D eigenvalue weighted by Crippen LogP contribution is -2.46. The number of aliphatic hydroxyl groups excluding tert-OH is 1. The van der Waals surface area contributed by atoms with Crippen molar-refractivity contribution in [2.45, 2.75) is 270 Å². The average Bonchev–Trinajstić information content (AvgIpc) is 3.20. The largest absolute Gasteiger partial charge is 0.756 e. The third kappa shape index (κ3) is 45.3. The van der Waals surface area contributed by atoms with Gasteiger partial charge in [-0.05, 0) is 38.5 Å². The zero-order chi connectivity index (χ0) is 44.3. The Kier molecular flexibility index (Phi) is 42.9. The maximum atomic E-state index is 12.8. The highest BCUT2D eigenvalue weighted by molar-refractivity contribution is 7.45. The minimum absolute atomic E-state index is 0.0144. The fourth-order valence-electron chi connectivity index (χ4n) is 7.86. The van der Waals surface area contributed by atoms with Gasteiger partial charge in [0.2, 0.25) is 5.91 Å². The van der Waals surface area contributed by atoms with E-state index in [1.54, 1.807) is 0 Å². The zero-order valence-corrected chi connectivity index (χ0v) is 41.6. The van der Waals surface area contributed by atoms with Gasteiger partial charge in [0.05, 0.1) is 39.9 Å². The van der Waals surface area contributed by atoms with Gasteiger partial charge in [0.15, 0.2) is 0 Å². The molecule has 0 aliphatic carbocycles. The normalized spacial score (nSPS) is 14.2. The predicted molar refractivity (Wildman–Crippen MR) is 256 cm³/mol. The molecule has 0 aromatic carbocycles. The summed E-state index contributed by atoms with van der Waals surface area (Å²) in [6.07, 6.45) is 51.3. The van der Waals surface area contributed by atoms with Crippen molar-refractivity contribution in [3.05, 3.63) is 12.2 Å². The van der Waals surface area contributed by atoms with Gasteiger partial charge >= 0.3 is 0 Å². The van der Waals surface area contributed by atoms with Crippen LogP contribution in [-0.4, -0.2) is 68.5 Å². The van der Waals surface area contributed by atoms with Gasteiger partial charge in [0.1, 0.15) is 13.2 Å². The molecule has 0 fully saturated rings. The molecule has 0 radical (unpaired) electrons. The molecule has 0 saturated heterocycles. The van der Waals surface area contributed by atoms with Crippen LogP contribution in [0.15, 0.2) is 12.2 Å². The van der Waals surface area contributed by atoms with E-state index in [1.807, 2.05) is 21.1 Å². The van der Waals surface area contributed by atoms with Crippen molar-refractivity contribution >= 4 is 13.7 Å². The van der Waals surface area contributed by atoms with Gasteiger partial charge in [-0.15, -0.1) is 0 Å². The second kappa shape index (κ2) is 43.5. The molecule has 60 heavy (non-hydrogen) atoms. The van der Waals surface area contributed by atoms with Gasteiger partial charge in [-0.3, -0.25) is 9.36 Å². The molecular formula is C51H103N2O6P. The summed E-state index contributed by atoms with van der Waals surface area (Å²) in [5, 5.41) is 13.8. The van der Waals surface area contributed by atoms with Gasteiger partial charge in [-0.1, -0.05) is 225 Å². The first-order valence-electron chi connectivity index (χ1n) is 26.0. The molecule has 0 aromatic rings. The van der Waals surface area contributed by atoms with Crippen LogP contribution in [0, 0.1) is 0 Å². The maximum Gasteiger partial charge on any atom is 0.268 e. The number of carbonyl (C=O) groups excluding carboxylic acids is 1. The van der Waals surface area contributed by atoms with Crippen LogP contribution in [0.2, 0.25) is 0 Å². The summed E-state index contributed by atoms with van der Waals surface area (Å²) in [7, 11) is 1.31. The highest BCUT2D eigenvalue weighted by Gasteiger charge is 2.24. The summed E-state index contributed by atoms with van der Waals surface area (Å²) in [5.41, 5.74) is 0. The molecule has 0 heterocycles. The SMILES string of the molecule is CCCCCCCCCC/C=C\CCCCCCCCCCCCCCCCCCCCCC(=O)NC(COP(=O)([O-])OCC[N+](C)(C)C)C(O)CCCCCCCCC. The summed E-state index contributed by atoms with van der Waals surface area (Å²) in [6, 6.07) is -0.793. The molecular weight excluding hydrogens is 768 g/mol. The van der Waals surface area contributed by atoms with Crippen LogP contribution in [0.4, 0.5) is 0 Å². The lowest BCUT2D eigenvalue weighted by Gasteiger charge is -2.30. The number of allylic oxidation sites excluding steroid dienone is 2. The Morgan fingerprint density at radius 3 is 1.30 bits per heavy atom. The van der Waals surface area contributed by atoms with Crippen molar-refractivity contribution in [3.63, 3.8) is 0 Å². The van der Waals surface area contributed by atoms with Crippen molar-refractivity contribution < 1.29 is 32.9 Å². The number of quaternary nitrogens is 1. The Labute approximate surface area is 373 Å². The standard InChI is InChI=1S/C51H103N2O6P/c1-6-8-10-12-14-15-16-17-18-19-20-21-22-23-24-25-26-27-28-29-30-31-32-33-34-35-36-37-39-41-43-45-51(55)52-49(50(54)44-42-40-38-13-11-9-7-2)48-59-60(56,57)58-47-46-53(3,4)5/h19-20,49-50,54H,6-18,21-48H2,1-5H3,(H-,52,55,56,57)/b20-19-. The minimum Gasteiger partial charge on any atom is -0.756 e. The van der Waals surface area contributed by atoms with E-state index < -0.39 is 20.0 Å². The van der Waals surface area contributed by atoms with Crippen molar-refractivity contribution in [3.8, 4) is 0 Å². The molecule has 0 aliphatic heterocycles. The summed E-state index contributed by atoms with van der Waals surface area (Å²) in [6.45, 7) is 4.69. The Bertz CT molecular complexity index is 989. The fourth-order valence-corrected chi connectivity index (χ4v) is 8.58. The molecule has 1 amide bonds. The summed E-state index contributed by atoms with van der Waals surface area (Å²) in [4.78, 5) is 25.3. The van der Waals surface area contributed by atoms with Crippen LogP contribution in [-0.2, 0) is 18.4 Å². The first-order valence-corrected chi connectivity index (χ1v) is 27.5. The van der Waals surface area contributed by atoms with Crippen molar-refractivity contribution in [2.24, 2.45) is 0 Å². The minimum atomic E-state index is -4.55. The number of unbranched alkanes of at least 4 members (excludes halogenated alkanes) is 33. The third-order valence-electron chi connectivity index (χ3n) is 12.0. The van der Waals surface area contributed by atoms with E-state index >= 15 is 0 Å². The number of hydrogen-bond donors (Lipinski definition) is 2. The van der Waals surface area contributed by atoms with E-state index in [4.69, 9.17) is 9.05 Å². The number of phosphoric acid groups is 1. The lowest BCUT2D eigenvalue weighted by molar-refractivity contribution is -0.870. The third-order valence-corrected chi connectivity index (χ3v) is 13.0. The van der Waals surface area contributed by atoms with E-state index in [2.05, 4.69) is 31.3 Å². The molecule has 9 heteroatoms. The smallest absolute Gasteiger partial charge is 0.268 e. The van der Waals surface area contributed by atoms with Crippen LogP contribution < -0.4 is 10.2 Å². The highest BCUT2D eigenvalue weighted by Crippen LogP contribution is 2.38. The molecule has 358 valence electrons. The van der Waals surface area contributed by atoms with Gasteiger partial charge in [-0.25, -0.2) is 0 Å². The molecule has 0 bridgehead atoms. The van der Waals surface area contributed by atoms with Crippen LogP contribution in [0.5, 0.6) is 0 Å². The quantitative estimate of drug-likeness (QED) is 0.0273. The summed E-state index contributed by atoms with van der Waals surface area (Å²) < 4.78 is 23.2. The van der Waals surface area contributed by atoms with E-state index in [1.165, 1.54) is 193 Å². The van der Waals surface area contributed by atoms with Crippen molar-refractivity contribution in [1.82, 2.24) is 5.32 Å². The molecule has 0 rings (SSSR count). The summed E-state index contributed by atoms with van der Waals surface area (Å²) >= 11 is 0. The summed E-state index contributed by atoms with van der Waals surface area (Å²) in [5.74, 6) is -0.164. The van der Waals surface area contributed by atoms with Gasteiger partial charge < -0.3 is 28.8 Å². The second-order valence-corrected chi connectivity index (χ2v) is 20.6. The number of rotatable bonds is 48. The van der Waals surface area contributed by atoms with Crippen molar-refractivity contribution in [2.75, 3.05) is 40.9 Å². The van der Waals surface area contributed by atoms with Gasteiger partial charge in [0.25, 0.3) is 7.82 Å². The molecule has 2 N–H and O–H groups in total. The number of amides is 1. The van der Waals surface area contributed by atoms with E-state index in [-0.39, 0.29) is 19.1 Å². The number of likely N-dealkylation sites (N-methyl/N-ethyl adjacent to an activating group) is 1. The number of phosphoric ester groups is 1. The van der Waals surface area contributed by atoms with E-state index in [0.717, 1.165) is 38.5 Å². The van der Waals surface area contributed by atoms with Crippen LogP contribution in [0.1, 0.15) is 258 Å². The number of hydrogen-bond acceptors (Lipinski definition) is 6. The molecule has 0 spiro atoms. The van der Waals surface area contributed by atoms with Crippen LogP contribution in [0.3, 0.4) is 0 Å². The zero-order valence-electron chi connectivity index (χ0n) is 40.7. The second-order valence-electron chi connectivity index (χ2n) is 19.2.